The van der Waals surface area contributed by atoms with Crippen LogP contribution in [0.3, 0.4) is 0 Å². The van der Waals surface area contributed by atoms with Gasteiger partial charge in [0.2, 0.25) is 0 Å². The lowest BCUT2D eigenvalue weighted by Crippen LogP contribution is -2.57. The zero-order valence-corrected chi connectivity index (χ0v) is 15.3. The lowest BCUT2D eigenvalue weighted by Gasteiger charge is -2.49. The topological polar surface area (TPSA) is 36.9 Å². The summed E-state index contributed by atoms with van der Waals surface area (Å²) in [6.07, 6.45) is 0.658. The molecule has 0 aromatic heterocycles. The first-order valence-corrected chi connectivity index (χ1v) is 9.52. The standard InChI is InChI=1S/C22H26O4/c1-3-17-19-20(26-21(23-17)15-11-7-5-8-12-15)18(4-2)24-22(25-19)16-13-9-6-10-14-16/h5-14,17-22H,3-4H2,1-2H3/t17-,18?,19?,20?,21-,22-/m0/s1. The zero-order valence-electron chi connectivity index (χ0n) is 15.3. The molecule has 2 heterocycles. The van der Waals surface area contributed by atoms with Crippen molar-refractivity contribution in [2.45, 2.75) is 63.7 Å². The van der Waals surface area contributed by atoms with Crippen molar-refractivity contribution in [3.05, 3.63) is 71.8 Å². The Morgan fingerprint density at radius 2 is 0.962 bits per heavy atom. The highest BCUT2D eigenvalue weighted by Gasteiger charge is 2.48. The van der Waals surface area contributed by atoms with E-state index in [0.29, 0.717) is 0 Å². The van der Waals surface area contributed by atoms with Crippen LogP contribution in [-0.4, -0.2) is 24.4 Å². The van der Waals surface area contributed by atoms with Crippen molar-refractivity contribution in [3.8, 4) is 0 Å². The summed E-state index contributed by atoms with van der Waals surface area (Å²) in [6, 6.07) is 20.2. The van der Waals surface area contributed by atoms with Crippen molar-refractivity contribution < 1.29 is 18.9 Å². The number of ether oxygens (including phenoxy) is 4. The lowest BCUT2D eigenvalue weighted by molar-refractivity contribution is -0.382. The summed E-state index contributed by atoms with van der Waals surface area (Å²) in [4.78, 5) is 0. The van der Waals surface area contributed by atoms with Crippen molar-refractivity contribution in [2.75, 3.05) is 0 Å². The maximum absolute atomic E-state index is 6.32. The minimum atomic E-state index is -0.378. The minimum absolute atomic E-state index is 0.0249. The Morgan fingerprint density at radius 1 is 0.577 bits per heavy atom. The van der Waals surface area contributed by atoms with Crippen LogP contribution in [0.5, 0.6) is 0 Å². The van der Waals surface area contributed by atoms with Gasteiger partial charge >= 0.3 is 0 Å². The van der Waals surface area contributed by atoms with Crippen LogP contribution in [-0.2, 0) is 18.9 Å². The third kappa shape index (κ3) is 3.42. The van der Waals surface area contributed by atoms with Crippen LogP contribution in [0, 0.1) is 0 Å². The molecule has 2 fully saturated rings. The molecule has 2 saturated heterocycles. The molecule has 0 radical (unpaired) electrons. The molecule has 4 heteroatoms. The monoisotopic (exact) mass is 354 g/mol. The predicted octanol–water partition coefficient (Wildman–Crippen LogP) is 4.77. The van der Waals surface area contributed by atoms with E-state index >= 15 is 0 Å². The third-order valence-electron chi connectivity index (χ3n) is 5.16. The predicted molar refractivity (Wildman–Crippen MR) is 98.4 cm³/mol. The highest BCUT2D eigenvalue weighted by molar-refractivity contribution is 5.18. The molecule has 0 amide bonds. The minimum Gasteiger partial charge on any atom is -0.342 e. The van der Waals surface area contributed by atoms with Gasteiger partial charge in [-0.15, -0.1) is 0 Å². The fraction of sp³-hybridized carbons (Fsp3) is 0.455. The largest absolute Gasteiger partial charge is 0.342 e. The van der Waals surface area contributed by atoms with E-state index in [-0.39, 0.29) is 37.0 Å². The number of benzene rings is 2. The Labute approximate surface area is 155 Å². The summed E-state index contributed by atoms with van der Waals surface area (Å²) < 4.78 is 25.2. The van der Waals surface area contributed by atoms with Gasteiger partial charge in [-0.1, -0.05) is 74.5 Å². The average Bonchev–Trinajstić information content (AvgIpc) is 2.73. The van der Waals surface area contributed by atoms with Gasteiger partial charge in [-0.3, -0.25) is 0 Å². The molecule has 2 aliphatic rings. The first-order valence-electron chi connectivity index (χ1n) is 9.52. The summed E-state index contributed by atoms with van der Waals surface area (Å²) >= 11 is 0. The summed E-state index contributed by atoms with van der Waals surface area (Å²) in [5.74, 6) is 0. The fourth-order valence-electron chi connectivity index (χ4n) is 3.77. The van der Waals surface area contributed by atoms with Gasteiger partial charge in [-0.05, 0) is 12.8 Å². The number of rotatable bonds is 4. The molecule has 0 aliphatic carbocycles. The first kappa shape index (κ1) is 17.7. The molecule has 0 saturated carbocycles. The van der Waals surface area contributed by atoms with Crippen molar-refractivity contribution in [3.63, 3.8) is 0 Å². The zero-order chi connectivity index (χ0) is 17.9. The maximum Gasteiger partial charge on any atom is 0.184 e. The van der Waals surface area contributed by atoms with Gasteiger partial charge in [0, 0.05) is 11.1 Å². The molecule has 2 aromatic rings. The van der Waals surface area contributed by atoms with Gasteiger partial charge in [0.25, 0.3) is 0 Å². The summed E-state index contributed by atoms with van der Waals surface area (Å²) in [7, 11) is 0. The molecule has 6 atom stereocenters. The van der Waals surface area contributed by atoms with Crippen LogP contribution in [0.4, 0.5) is 0 Å². The Balaban J connectivity index is 1.59. The Hall–Kier alpha value is -1.72. The molecule has 0 N–H and O–H groups in total. The molecule has 2 aromatic carbocycles. The van der Waals surface area contributed by atoms with Crippen LogP contribution in [0.15, 0.2) is 60.7 Å². The number of hydrogen-bond acceptors (Lipinski definition) is 4. The van der Waals surface area contributed by atoms with E-state index in [1.165, 1.54) is 0 Å². The summed E-state index contributed by atoms with van der Waals surface area (Å²) in [5, 5.41) is 0. The molecule has 3 unspecified atom stereocenters. The van der Waals surface area contributed by atoms with Gasteiger partial charge in [-0.25, -0.2) is 0 Å². The molecule has 138 valence electrons. The van der Waals surface area contributed by atoms with Crippen LogP contribution in [0.25, 0.3) is 0 Å². The molecular weight excluding hydrogens is 328 g/mol. The molecule has 26 heavy (non-hydrogen) atoms. The number of fused-ring (bicyclic) bond motifs is 1. The van der Waals surface area contributed by atoms with Gasteiger partial charge < -0.3 is 18.9 Å². The Morgan fingerprint density at radius 3 is 1.31 bits per heavy atom. The quantitative estimate of drug-likeness (QED) is 0.792. The van der Waals surface area contributed by atoms with E-state index < -0.39 is 0 Å². The molecular formula is C22H26O4. The number of hydrogen-bond donors (Lipinski definition) is 0. The molecule has 4 nitrogen and oxygen atoms in total. The molecule has 0 bridgehead atoms. The van der Waals surface area contributed by atoms with Crippen molar-refractivity contribution in [2.24, 2.45) is 0 Å². The van der Waals surface area contributed by atoms with E-state index in [2.05, 4.69) is 13.8 Å². The second-order valence-electron chi connectivity index (χ2n) is 6.85. The summed E-state index contributed by atoms with van der Waals surface area (Å²) in [5.41, 5.74) is 2.06. The van der Waals surface area contributed by atoms with E-state index in [1.54, 1.807) is 0 Å². The van der Waals surface area contributed by atoms with E-state index in [4.69, 9.17) is 18.9 Å². The van der Waals surface area contributed by atoms with Crippen LogP contribution >= 0.6 is 0 Å². The lowest BCUT2D eigenvalue weighted by atomic mass is 9.95. The van der Waals surface area contributed by atoms with Gasteiger partial charge in [0.1, 0.15) is 12.2 Å². The highest BCUT2D eigenvalue weighted by Crippen LogP contribution is 2.41. The van der Waals surface area contributed by atoms with Crippen molar-refractivity contribution in [1.29, 1.82) is 0 Å². The summed E-state index contributed by atoms with van der Waals surface area (Å²) in [6.45, 7) is 4.26. The van der Waals surface area contributed by atoms with Gasteiger partial charge in [0.05, 0.1) is 12.2 Å². The van der Waals surface area contributed by atoms with E-state index in [0.717, 1.165) is 24.0 Å². The van der Waals surface area contributed by atoms with Crippen molar-refractivity contribution in [1.82, 2.24) is 0 Å². The molecule has 2 aliphatic heterocycles. The Bertz CT molecular complexity index is 628. The van der Waals surface area contributed by atoms with Crippen LogP contribution < -0.4 is 0 Å². The highest BCUT2D eigenvalue weighted by atomic mass is 16.8. The van der Waals surface area contributed by atoms with Crippen LogP contribution in [0.2, 0.25) is 0 Å². The average molecular weight is 354 g/mol. The van der Waals surface area contributed by atoms with Gasteiger partial charge in [-0.2, -0.15) is 0 Å². The van der Waals surface area contributed by atoms with E-state index in [9.17, 15) is 0 Å². The smallest absolute Gasteiger partial charge is 0.184 e. The first-order chi connectivity index (χ1) is 12.8. The van der Waals surface area contributed by atoms with Crippen LogP contribution in [0.1, 0.15) is 50.4 Å². The molecule has 4 rings (SSSR count). The van der Waals surface area contributed by atoms with E-state index in [1.807, 2.05) is 60.7 Å². The molecule has 0 spiro atoms. The second-order valence-corrected chi connectivity index (χ2v) is 6.85. The Kier molecular flexibility index (Phi) is 5.36. The van der Waals surface area contributed by atoms with Gasteiger partial charge in [0.15, 0.2) is 12.6 Å². The van der Waals surface area contributed by atoms with Crippen molar-refractivity contribution >= 4 is 0 Å². The normalized spacial score (nSPS) is 34.2. The third-order valence-corrected chi connectivity index (χ3v) is 5.16. The second kappa shape index (κ2) is 7.89. The SMILES string of the molecule is CCC1O[C@H](c2ccccc2)OC2C1O[C@@H](c1ccccc1)O[C@H]2CC. The maximum atomic E-state index is 6.32. The fourth-order valence-corrected chi connectivity index (χ4v) is 3.77.